The van der Waals surface area contributed by atoms with Gasteiger partial charge in [-0.25, -0.2) is 9.59 Å². The summed E-state index contributed by atoms with van der Waals surface area (Å²) >= 11 is 4.02. The minimum absolute atomic E-state index is 0.00356. The summed E-state index contributed by atoms with van der Waals surface area (Å²) in [4.78, 5) is 133. The Labute approximate surface area is 467 Å². The van der Waals surface area contributed by atoms with E-state index in [0.717, 1.165) is 0 Å². The Kier molecular flexibility index (Phi) is 36.6. The molecule has 0 saturated carbocycles. The number of primary amides is 1. The van der Waals surface area contributed by atoms with E-state index in [2.05, 4.69) is 47.9 Å². The van der Waals surface area contributed by atoms with Crippen LogP contribution in [0.2, 0.25) is 0 Å². The summed E-state index contributed by atoms with van der Waals surface area (Å²) in [6, 6.07) is -7.22. The number of aliphatic hydroxyl groups excluding tert-OH is 2. The molecule has 9 atom stereocenters. The average Bonchev–Trinajstić information content (AvgIpc) is 3.40. The zero-order valence-corrected chi connectivity index (χ0v) is 47.0. The number of hydrogen-bond donors (Lipinski definition) is 17. The van der Waals surface area contributed by atoms with Gasteiger partial charge in [-0.3, -0.25) is 38.4 Å². The monoisotopic (exact) mass is 1160 g/mol. The van der Waals surface area contributed by atoms with Gasteiger partial charge in [0.05, 0.1) is 19.3 Å². The van der Waals surface area contributed by atoms with E-state index in [1.807, 2.05) is 0 Å². The van der Waals surface area contributed by atoms with Crippen molar-refractivity contribution in [1.29, 1.82) is 0 Å². The first kappa shape index (κ1) is 70.4. The summed E-state index contributed by atoms with van der Waals surface area (Å²) in [6.45, 7) is -1.29. The number of phenolic OH excluding ortho intramolecular Hbond substituents is 1. The van der Waals surface area contributed by atoms with Gasteiger partial charge < -0.3 is 91.2 Å². The number of thioether (sulfide) groups is 3. The first-order valence-electron chi connectivity index (χ1n) is 25.5. The lowest BCUT2D eigenvalue weighted by atomic mass is 10.0. The average molecular weight is 1160 g/mol. The lowest BCUT2D eigenvalue weighted by Crippen LogP contribution is -2.61. The Morgan fingerprint density at radius 1 is 0.474 bits per heavy atom. The second kappa shape index (κ2) is 40.5. The Morgan fingerprint density at radius 2 is 0.795 bits per heavy atom. The summed E-state index contributed by atoms with van der Waals surface area (Å²) in [5, 5.41) is 62.3. The fraction of sp³-hybridized carbons (Fsp3) is 0.667. The zero-order valence-electron chi connectivity index (χ0n) is 44.6. The van der Waals surface area contributed by atoms with Gasteiger partial charge in [0.15, 0.2) is 0 Å². The molecular weight excluding hydrogens is 1080 g/mol. The van der Waals surface area contributed by atoms with Gasteiger partial charge in [0.25, 0.3) is 0 Å². The fourth-order valence-corrected chi connectivity index (χ4v) is 8.78. The van der Waals surface area contributed by atoms with Crippen molar-refractivity contribution in [2.75, 3.05) is 68.9 Å². The standard InChI is InChI=1S/C48H83N13O14S3/c1-76-22-16-33(57-45(71)37(26-62)60-39(65)30(51)25-28-12-14-29(64)15-13-28)42(68)55-32(11-8-21-53-48(52)75)41(67)54-31(9-4-6-19-49)40(66)56-35(18-24-78-3)44(70)61-38(27-63)46(72)58-34(17-23-77-2)43(69)59-36(47(73)74)10-5-7-20-50/h12-15,30-38,62-64H,4-11,16-27,49-51H2,1-3H3,(H,54,67)(H,55,68)(H,56,66)(H,57,71)(H,58,72)(H,59,69)(H,60,65)(H,61,70)(H,73,74)(H3,52,53,75)/t30-,31-,32-,33-,34-,35-,36-,37-,38-/m0/s1. The van der Waals surface area contributed by atoms with E-state index in [0.29, 0.717) is 55.1 Å². The van der Waals surface area contributed by atoms with Crippen LogP contribution in [-0.2, 0) is 49.6 Å². The third-order valence-electron chi connectivity index (χ3n) is 11.8. The fourth-order valence-electron chi connectivity index (χ4n) is 7.36. The number of carboxylic acid groups (broad SMARTS) is 1. The highest BCUT2D eigenvalue weighted by atomic mass is 32.2. The quantitative estimate of drug-likeness (QED) is 0.0279. The Morgan fingerprint density at radius 3 is 1.14 bits per heavy atom. The molecule has 0 bridgehead atoms. The normalized spacial score (nSPS) is 14.5. The van der Waals surface area contributed by atoms with Gasteiger partial charge in [-0.1, -0.05) is 12.1 Å². The van der Waals surface area contributed by atoms with Gasteiger partial charge >= 0.3 is 12.0 Å². The summed E-state index contributed by atoms with van der Waals surface area (Å²) < 4.78 is 0. The third kappa shape index (κ3) is 28.3. The molecule has 78 heavy (non-hydrogen) atoms. The molecule has 0 saturated heterocycles. The van der Waals surface area contributed by atoms with Crippen LogP contribution in [-0.4, -0.2) is 203 Å². The van der Waals surface area contributed by atoms with Crippen LogP contribution in [0.15, 0.2) is 24.3 Å². The number of benzene rings is 1. The van der Waals surface area contributed by atoms with Crippen LogP contribution in [0.5, 0.6) is 5.75 Å². The number of amides is 10. The molecule has 21 N–H and O–H groups in total. The van der Waals surface area contributed by atoms with Crippen molar-refractivity contribution in [3.8, 4) is 5.75 Å². The van der Waals surface area contributed by atoms with Crippen molar-refractivity contribution in [3.05, 3.63) is 29.8 Å². The topological polar surface area (TPSA) is 464 Å². The number of urea groups is 1. The van der Waals surface area contributed by atoms with Crippen molar-refractivity contribution >= 4 is 94.5 Å². The first-order valence-corrected chi connectivity index (χ1v) is 29.7. The van der Waals surface area contributed by atoms with Crippen LogP contribution in [0.25, 0.3) is 0 Å². The second-order valence-corrected chi connectivity index (χ2v) is 21.0. The minimum Gasteiger partial charge on any atom is -0.508 e. The molecule has 1 aromatic rings. The maximum atomic E-state index is 14.2. The largest absolute Gasteiger partial charge is 0.508 e. The molecule has 0 aliphatic rings. The van der Waals surface area contributed by atoms with Crippen LogP contribution in [0, 0.1) is 0 Å². The number of aliphatic hydroxyl groups is 2. The number of carbonyl (C=O) groups excluding carboxylic acids is 9. The first-order chi connectivity index (χ1) is 37.2. The number of nitrogens with two attached hydrogens (primary N) is 4. The van der Waals surface area contributed by atoms with Gasteiger partial charge in [0, 0.05) is 6.54 Å². The predicted molar refractivity (Wildman–Crippen MR) is 299 cm³/mol. The van der Waals surface area contributed by atoms with Crippen molar-refractivity contribution in [1.82, 2.24) is 47.9 Å². The van der Waals surface area contributed by atoms with Gasteiger partial charge in [-0.15, -0.1) is 0 Å². The van der Waals surface area contributed by atoms with E-state index in [4.69, 9.17) is 22.9 Å². The summed E-state index contributed by atoms with van der Waals surface area (Å²) in [5.41, 5.74) is 23.2. The third-order valence-corrected chi connectivity index (χ3v) is 13.8. The highest BCUT2D eigenvalue weighted by Crippen LogP contribution is 2.13. The maximum Gasteiger partial charge on any atom is 0.326 e. The van der Waals surface area contributed by atoms with E-state index in [1.165, 1.54) is 47.4 Å². The van der Waals surface area contributed by atoms with Gasteiger partial charge in [0.1, 0.15) is 54.1 Å². The van der Waals surface area contributed by atoms with Crippen LogP contribution < -0.4 is 70.8 Å². The number of carbonyl (C=O) groups is 10. The van der Waals surface area contributed by atoms with Crippen molar-refractivity contribution in [2.24, 2.45) is 22.9 Å². The molecular formula is C48H83N13O14S3. The molecule has 10 amide bonds. The molecule has 0 aliphatic heterocycles. The molecule has 0 heterocycles. The van der Waals surface area contributed by atoms with Crippen LogP contribution >= 0.6 is 35.3 Å². The Bertz CT molecular complexity index is 2050. The minimum atomic E-state index is -1.64. The molecule has 0 radical (unpaired) electrons. The molecule has 27 nitrogen and oxygen atoms in total. The number of rotatable bonds is 42. The van der Waals surface area contributed by atoms with Gasteiger partial charge in [-0.2, -0.15) is 35.3 Å². The van der Waals surface area contributed by atoms with Crippen molar-refractivity contribution < 1.29 is 68.4 Å². The highest BCUT2D eigenvalue weighted by Gasteiger charge is 2.35. The van der Waals surface area contributed by atoms with E-state index in [9.17, 15) is 68.4 Å². The molecule has 1 aromatic carbocycles. The van der Waals surface area contributed by atoms with Gasteiger partial charge in [-0.05, 0) is 144 Å². The molecule has 1 rings (SSSR count). The van der Waals surface area contributed by atoms with E-state index >= 15 is 0 Å². The smallest absolute Gasteiger partial charge is 0.326 e. The number of carboxylic acids is 1. The number of phenols is 1. The van der Waals surface area contributed by atoms with Crippen LogP contribution in [0.1, 0.15) is 76.2 Å². The zero-order chi connectivity index (χ0) is 58.6. The number of hydrogen-bond acceptors (Lipinski definition) is 19. The molecule has 442 valence electrons. The number of unbranched alkanes of at least 4 members (excludes halogenated alkanes) is 2. The number of aromatic hydroxyl groups is 1. The molecule has 0 unspecified atom stereocenters. The van der Waals surface area contributed by atoms with Crippen molar-refractivity contribution in [3.63, 3.8) is 0 Å². The van der Waals surface area contributed by atoms with E-state index in [-0.39, 0.29) is 70.2 Å². The Hall–Kier alpha value is -5.63. The number of aliphatic carboxylic acids is 1. The summed E-state index contributed by atoms with van der Waals surface area (Å²) in [6.07, 6.45) is 7.06. The molecule has 0 spiro atoms. The molecule has 0 fully saturated rings. The van der Waals surface area contributed by atoms with E-state index < -0.39 is 127 Å². The van der Waals surface area contributed by atoms with Gasteiger partial charge in [0.2, 0.25) is 47.3 Å². The van der Waals surface area contributed by atoms with Crippen LogP contribution in [0.4, 0.5) is 4.79 Å². The lowest BCUT2D eigenvalue weighted by Gasteiger charge is -2.28. The molecule has 0 aliphatic carbocycles. The lowest BCUT2D eigenvalue weighted by molar-refractivity contribution is -0.142. The second-order valence-electron chi connectivity index (χ2n) is 18.0. The predicted octanol–water partition coefficient (Wildman–Crippen LogP) is -3.82. The summed E-state index contributed by atoms with van der Waals surface area (Å²) in [5.74, 6) is -7.24. The molecule has 0 aromatic heterocycles. The summed E-state index contributed by atoms with van der Waals surface area (Å²) in [7, 11) is 0. The maximum absolute atomic E-state index is 14.2. The van der Waals surface area contributed by atoms with Crippen molar-refractivity contribution in [2.45, 2.75) is 131 Å². The Balaban J connectivity index is 3.40. The SMILES string of the molecule is CSCC[C@H](NC(=O)[C@H](CO)NC(=O)[C@H](CCSC)NC(=O)[C@H](CCCCN)NC(=O)[C@H](CCCNC(N)=O)NC(=O)[C@H](CCSC)NC(=O)[C@H](CO)NC(=O)[C@@H](N)Cc1ccc(O)cc1)C(=O)N[C@@H](CCCCN)C(=O)O. The highest BCUT2D eigenvalue weighted by molar-refractivity contribution is 7.98. The number of nitrogens with one attached hydrogen (secondary N) is 9. The van der Waals surface area contributed by atoms with Crippen LogP contribution in [0.3, 0.4) is 0 Å². The van der Waals surface area contributed by atoms with E-state index in [1.54, 1.807) is 30.9 Å². The molecule has 30 heteroatoms.